The molecule has 0 aliphatic rings. The summed E-state index contributed by atoms with van der Waals surface area (Å²) in [7, 11) is 1.58. The van der Waals surface area contributed by atoms with Crippen LogP contribution in [0.4, 0.5) is 10.1 Å². The van der Waals surface area contributed by atoms with Crippen LogP contribution in [0.1, 0.15) is 18.1 Å². The van der Waals surface area contributed by atoms with Crippen molar-refractivity contribution in [1.82, 2.24) is 4.90 Å². The zero-order valence-corrected chi connectivity index (χ0v) is 14.5. The highest BCUT2D eigenvalue weighted by Crippen LogP contribution is 2.21. The zero-order valence-electron chi connectivity index (χ0n) is 14.5. The second-order valence-electron chi connectivity index (χ2n) is 5.49. The van der Waals surface area contributed by atoms with E-state index < -0.39 is 10.7 Å². The molecule has 0 aliphatic carbocycles. The minimum Gasteiger partial charge on any atom is -0.497 e. The Hall–Kier alpha value is -3.22. The summed E-state index contributed by atoms with van der Waals surface area (Å²) < 4.78 is 18.3. The Labute approximate surface area is 150 Å². The van der Waals surface area contributed by atoms with E-state index in [1.807, 2.05) is 31.2 Å². The molecule has 136 valence electrons. The van der Waals surface area contributed by atoms with Gasteiger partial charge in [0.1, 0.15) is 11.6 Å². The molecule has 26 heavy (non-hydrogen) atoms. The van der Waals surface area contributed by atoms with E-state index in [-0.39, 0.29) is 17.2 Å². The number of benzene rings is 2. The van der Waals surface area contributed by atoms with Gasteiger partial charge in [-0.05, 0) is 42.8 Å². The molecule has 0 aliphatic heterocycles. The Morgan fingerprint density at radius 2 is 1.96 bits per heavy atom. The summed E-state index contributed by atoms with van der Waals surface area (Å²) in [6.07, 6.45) is 2.59. The fourth-order valence-electron chi connectivity index (χ4n) is 2.38. The molecule has 2 rings (SSSR count). The molecule has 2 aromatic carbocycles. The number of hydrogen-bond donors (Lipinski definition) is 0. The molecule has 0 radical (unpaired) electrons. The van der Waals surface area contributed by atoms with Crippen LogP contribution in [0.2, 0.25) is 0 Å². The van der Waals surface area contributed by atoms with Crippen molar-refractivity contribution in [2.45, 2.75) is 13.5 Å². The van der Waals surface area contributed by atoms with Gasteiger partial charge in [-0.3, -0.25) is 14.9 Å². The normalized spacial score (nSPS) is 10.7. The summed E-state index contributed by atoms with van der Waals surface area (Å²) in [5.74, 6) is -0.261. The molecule has 0 bridgehead atoms. The molecule has 6 nitrogen and oxygen atoms in total. The largest absolute Gasteiger partial charge is 0.497 e. The summed E-state index contributed by atoms with van der Waals surface area (Å²) in [6.45, 7) is 2.71. The summed E-state index contributed by atoms with van der Waals surface area (Å²) in [5.41, 5.74) is 0.722. The molecule has 1 amide bonds. The third kappa shape index (κ3) is 4.89. The quantitative estimate of drug-likeness (QED) is 0.429. The lowest BCUT2D eigenvalue weighted by molar-refractivity contribution is -0.385. The maximum Gasteiger partial charge on any atom is 0.279 e. The minimum absolute atomic E-state index is 0.172. The first-order valence-electron chi connectivity index (χ1n) is 7.98. The monoisotopic (exact) mass is 358 g/mol. The Balaban J connectivity index is 2.13. The average molecular weight is 358 g/mol. The Kier molecular flexibility index (Phi) is 6.43. The molecular weight excluding hydrogens is 339 g/mol. The molecule has 2 aromatic rings. The van der Waals surface area contributed by atoms with E-state index in [0.717, 1.165) is 23.4 Å². The fraction of sp³-hybridized carbons (Fsp3) is 0.211. The van der Waals surface area contributed by atoms with Crippen molar-refractivity contribution in [3.8, 4) is 5.75 Å². The van der Waals surface area contributed by atoms with Crippen LogP contribution in [-0.2, 0) is 11.3 Å². The van der Waals surface area contributed by atoms with Crippen molar-refractivity contribution in [3.63, 3.8) is 0 Å². The van der Waals surface area contributed by atoms with Gasteiger partial charge in [0.25, 0.3) is 5.69 Å². The van der Waals surface area contributed by atoms with E-state index in [4.69, 9.17) is 4.74 Å². The maximum absolute atomic E-state index is 13.2. The molecule has 0 atom stereocenters. The van der Waals surface area contributed by atoms with E-state index in [1.165, 1.54) is 18.2 Å². The number of halogens is 1. The number of carbonyl (C=O) groups is 1. The van der Waals surface area contributed by atoms with Crippen molar-refractivity contribution in [2.24, 2.45) is 0 Å². The Bertz CT molecular complexity index is 819. The van der Waals surface area contributed by atoms with Gasteiger partial charge in [-0.2, -0.15) is 0 Å². The predicted octanol–water partition coefficient (Wildman–Crippen LogP) is 3.80. The SMILES string of the molecule is CCN(Cc1ccc(OC)cc1)C(=O)C=Cc1ccc(F)cc1[N+](=O)[O-]. The number of rotatable bonds is 7. The van der Waals surface area contributed by atoms with Crippen LogP contribution in [0.15, 0.2) is 48.5 Å². The standard InChI is InChI=1S/C19H19FN2O4/c1-3-21(13-14-4-9-17(26-2)10-5-14)19(23)11-7-15-6-8-16(20)12-18(15)22(24)25/h4-12H,3,13H2,1-2H3. The van der Waals surface area contributed by atoms with Gasteiger partial charge in [-0.25, -0.2) is 4.39 Å². The number of methoxy groups -OCH3 is 1. The maximum atomic E-state index is 13.2. The topological polar surface area (TPSA) is 72.7 Å². The van der Waals surface area contributed by atoms with Gasteiger partial charge in [0, 0.05) is 19.2 Å². The van der Waals surface area contributed by atoms with Gasteiger partial charge in [-0.15, -0.1) is 0 Å². The first-order valence-corrected chi connectivity index (χ1v) is 7.98. The number of carbonyl (C=O) groups excluding carboxylic acids is 1. The van der Waals surface area contributed by atoms with Crippen LogP contribution in [0.3, 0.4) is 0 Å². The van der Waals surface area contributed by atoms with Crippen molar-refractivity contribution in [1.29, 1.82) is 0 Å². The molecule has 0 saturated carbocycles. The van der Waals surface area contributed by atoms with Gasteiger partial charge < -0.3 is 9.64 Å². The third-order valence-electron chi connectivity index (χ3n) is 3.82. The number of ether oxygens (including phenoxy) is 1. The van der Waals surface area contributed by atoms with Crippen LogP contribution < -0.4 is 4.74 Å². The zero-order chi connectivity index (χ0) is 19.1. The molecule has 0 N–H and O–H groups in total. The summed E-state index contributed by atoms with van der Waals surface area (Å²) in [5, 5.41) is 11.0. The van der Waals surface area contributed by atoms with Crippen molar-refractivity contribution >= 4 is 17.7 Å². The Morgan fingerprint density at radius 1 is 1.27 bits per heavy atom. The third-order valence-corrected chi connectivity index (χ3v) is 3.82. The first kappa shape index (κ1) is 19.1. The van der Waals surface area contributed by atoms with E-state index >= 15 is 0 Å². The highest BCUT2D eigenvalue weighted by atomic mass is 19.1. The van der Waals surface area contributed by atoms with E-state index in [1.54, 1.807) is 12.0 Å². The van der Waals surface area contributed by atoms with Crippen molar-refractivity contribution < 1.29 is 18.8 Å². The highest BCUT2D eigenvalue weighted by Gasteiger charge is 2.14. The van der Waals surface area contributed by atoms with Gasteiger partial charge in [0.15, 0.2) is 0 Å². The minimum atomic E-state index is -0.699. The van der Waals surface area contributed by atoms with Crippen LogP contribution in [-0.4, -0.2) is 29.4 Å². The molecule has 0 fully saturated rings. The molecule has 7 heteroatoms. The number of hydrogen-bond acceptors (Lipinski definition) is 4. The molecule has 0 heterocycles. The number of amides is 1. The second kappa shape index (κ2) is 8.75. The van der Waals surface area contributed by atoms with Crippen LogP contribution in [0, 0.1) is 15.9 Å². The van der Waals surface area contributed by atoms with Crippen LogP contribution in [0.5, 0.6) is 5.75 Å². The average Bonchev–Trinajstić information content (AvgIpc) is 2.65. The smallest absolute Gasteiger partial charge is 0.279 e. The van der Waals surface area contributed by atoms with E-state index in [9.17, 15) is 19.3 Å². The van der Waals surface area contributed by atoms with Gasteiger partial charge >= 0.3 is 0 Å². The lowest BCUT2D eigenvalue weighted by atomic mass is 10.1. The lowest BCUT2D eigenvalue weighted by Gasteiger charge is -2.19. The molecular formula is C19H19FN2O4. The Morgan fingerprint density at radius 3 is 2.54 bits per heavy atom. The molecule has 0 spiro atoms. The summed E-state index contributed by atoms with van der Waals surface area (Å²) in [4.78, 5) is 24.3. The number of nitro groups is 1. The number of nitro benzene ring substituents is 1. The molecule has 0 unspecified atom stereocenters. The molecule has 0 aromatic heterocycles. The summed E-state index contributed by atoms with van der Waals surface area (Å²) in [6, 6.07) is 10.6. The van der Waals surface area contributed by atoms with E-state index in [2.05, 4.69) is 0 Å². The van der Waals surface area contributed by atoms with Crippen LogP contribution in [0.25, 0.3) is 6.08 Å². The number of nitrogens with zero attached hydrogens (tertiary/aromatic N) is 2. The lowest BCUT2D eigenvalue weighted by Crippen LogP contribution is -2.28. The summed E-state index contributed by atoms with van der Waals surface area (Å²) >= 11 is 0. The van der Waals surface area contributed by atoms with Gasteiger partial charge in [0.2, 0.25) is 5.91 Å². The number of likely N-dealkylation sites (N-methyl/N-ethyl adjacent to an activating group) is 1. The van der Waals surface area contributed by atoms with Crippen molar-refractivity contribution in [3.05, 3.63) is 75.6 Å². The van der Waals surface area contributed by atoms with Crippen molar-refractivity contribution in [2.75, 3.05) is 13.7 Å². The fourth-order valence-corrected chi connectivity index (χ4v) is 2.38. The van der Waals surface area contributed by atoms with E-state index in [0.29, 0.717) is 13.1 Å². The van der Waals surface area contributed by atoms with Crippen LogP contribution >= 0.6 is 0 Å². The highest BCUT2D eigenvalue weighted by molar-refractivity contribution is 5.92. The predicted molar refractivity (Wildman–Crippen MR) is 96.2 cm³/mol. The molecule has 0 saturated heterocycles. The first-order chi connectivity index (χ1) is 12.4. The van der Waals surface area contributed by atoms with Gasteiger partial charge in [-0.1, -0.05) is 12.1 Å². The van der Waals surface area contributed by atoms with Gasteiger partial charge in [0.05, 0.1) is 23.7 Å². The second-order valence-corrected chi connectivity index (χ2v) is 5.49.